The summed E-state index contributed by atoms with van der Waals surface area (Å²) in [4.78, 5) is 26.4. The predicted octanol–water partition coefficient (Wildman–Crippen LogP) is 5.64. The van der Waals surface area contributed by atoms with Gasteiger partial charge in [0, 0.05) is 23.9 Å². The van der Waals surface area contributed by atoms with Crippen LogP contribution in [-0.4, -0.2) is 45.7 Å². The van der Waals surface area contributed by atoms with Gasteiger partial charge in [0.2, 0.25) is 5.91 Å². The Morgan fingerprint density at radius 2 is 1.97 bits per heavy atom. The molecular weight excluding hydrogens is 434 g/mol. The number of carboxylic acid groups (broad SMARTS) is 1. The standard InChI is InChI=1S/C27H35NO4S/c1-20(8-5-6-11-21-9-3-2-4-10-21)24(29)16-13-22-14-18-26(30)28(22)19-7-12-23-15-17-25(33-23)27(31)32/h2-4,7,9-10,12,15,17,20,22,24,29H,5-6,8,11,13-14,16,18-19H2,1H3,(H,31,32)/t20-,22?,24+/m0/s1. The highest BCUT2D eigenvalue weighted by atomic mass is 32.1. The molecule has 0 aliphatic carbocycles. The van der Waals surface area contributed by atoms with E-state index >= 15 is 0 Å². The van der Waals surface area contributed by atoms with Crippen molar-refractivity contribution in [3.8, 4) is 0 Å². The molecule has 1 aliphatic rings. The van der Waals surface area contributed by atoms with Gasteiger partial charge in [-0.25, -0.2) is 4.79 Å². The molecule has 1 unspecified atom stereocenters. The predicted molar refractivity (Wildman–Crippen MR) is 133 cm³/mol. The first kappa shape index (κ1) is 25.2. The highest BCUT2D eigenvalue weighted by Gasteiger charge is 2.30. The molecule has 2 heterocycles. The van der Waals surface area contributed by atoms with E-state index in [1.807, 2.05) is 23.1 Å². The van der Waals surface area contributed by atoms with Crippen molar-refractivity contribution in [2.24, 2.45) is 5.92 Å². The molecule has 1 saturated heterocycles. The van der Waals surface area contributed by atoms with Gasteiger partial charge in [-0.2, -0.15) is 0 Å². The zero-order chi connectivity index (χ0) is 23.6. The number of aliphatic hydroxyl groups excluding tert-OH is 1. The van der Waals surface area contributed by atoms with E-state index in [0.29, 0.717) is 24.3 Å². The van der Waals surface area contributed by atoms with Gasteiger partial charge < -0.3 is 15.1 Å². The minimum Gasteiger partial charge on any atom is -0.477 e. The van der Waals surface area contributed by atoms with Gasteiger partial charge in [-0.15, -0.1) is 11.3 Å². The van der Waals surface area contributed by atoms with Gasteiger partial charge in [-0.3, -0.25) is 4.79 Å². The molecule has 0 bridgehead atoms. The third kappa shape index (κ3) is 7.83. The molecule has 1 aromatic heterocycles. The molecule has 3 atom stereocenters. The first-order valence-electron chi connectivity index (χ1n) is 11.9. The minimum atomic E-state index is -0.918. The van der Waals surface area contributed by atoms with Crippen molar-refractivity contribution in [1.82, 2.24) is 4.90 Å². The number of nitrogens with zero attached hydrogens (tertiary/aromatic N) is 1. The Morgan fingerprint density at radius 3 is 2.70 bits per heavy atom. The number of rotatable bonds is 13. The van der Waals surface area contributed by atoms with Crippen LogP contribution in [0.15, 0.2) is 48.5 Å². The third-order valence-corrected chi connectivity index (χ3v) is 7.58. The Bertz CT molecular complexity index is 923. The van der Waals surface area contributed by atoms with Crippen LogP contribution in [0, 0.1) is 5.92 Å². The summed E-state index contributed by atoms with van der Waals surface area (Å²) in [6.45, 7) is 2.65. The lowest BCUT2D eigenvalue weighted by atomic mass is 9.92. The second kappa shape index (κ2) is 12.7. The molecule has 33 heavy (non-hydrogen) atoms. The normalized spacial score (nSPS) is 18.2. The van der Waals surface area contributed by atoms with Crippen LogP contribution < -0.4 is 0 Å². The number of hydrogen-bond donors (Lipinski definition) is 2. The van der Waals surface area contributed by atoms with Gasteiger partial charge in [0.15, 0.2) is 0 Å². The lowest BCUT2D eigenvalue weighted by Crippen LogP contribution is -2.34. The van der Waals surface area contributed by atoms with Crippen molar-refractivity contribution in [2.45, 2.75) is 70.4 Å². The molecule has 0 radical (unpaired) electrons. The van der Waals surface area contributed by atoms with Crippen LogP contribution in [0.2, 0.25) is 0 Å². The number of thiophene rings is 1. The van der Waals surface area contributed by atoms with Gasteiger partial charge in [-0.1, -0.05) is 49.8 Å². The maximum Gasteiger partial charge on any atom is 0.345 e. The highest BCUT2D eigenvalue weighted by molar-refractivity contribution is 7.14. The number of aromatic carboxylic acids is 1. The van der Waals surface area contributed by atoms with Gasteiger partial charge in [0.05, 0.1) is 6.10 Å². The number of carboxylic acids is 1. The fraction of sp³-hybridized carbons (Fsp3) is 0.481. The monoisotopic (exact) mass is 469 g/mol. The van der Waals surface area contributed by atoms with E-state index in [1.165, 1.54) is 16.9 Å². The highest BCUT2D eigenvalue weighted by Crippen LogP contribution is 2.26. The molecule has 1 amide bonds. The van der Waals surface area contributed by atoms with Crippen LogP contribution in [0.5, 0.6) is 0 Å². The van der Waals surface area contributed by atoms with E-state index in [-0.39, 0.29) is 24.0 Å². The zero-order valence-electron chi connectivity index (χ0n) is 19.4. The molecule has 1 aliphatic heterocycles. The quantitative estimate of drug-likeness (QED) is 0.372. The van der Waals surface area contributed by atoms with Gasteiger partial charge in [0.25, 0.3) is 0 Å². The number of hydrogen-bond acceptors (Lipinski definition) is 4. The van der Waals surface area contributed by atoms with Crippen molar-refractivity contribution in [3.05, 3.63) is 63.9 Å². The number of benzene rings is 1. The fourth-order valence-corrected chi connectivity index (χ4v) is 5.24. The van der Waals surface area contributed by atoms with E-state index in [2.05, 4.69) is 31.2 Å². The Labute approximate surface area is 200 Å². The van der Waals surface area contributed by atoms with Crippen LogP contribution in [0.1, 0.15) is 72.0 Å². The molecule has 1 aromatic carbocycles. The van der Waals surface area contributed by atoms with Gasteiger partial charge >= 0.3 is 5.97 Å². The molecule has 2 N–H and O–H groups in total. The van der Waals surface area contributed by atoms with Crippen molar-refractivity contribution in [3.63, 3.8) is 0 Å². The van der Waals surface area contributed by atoms with Crippen LogP contribution in [0.4, 0.5) is 0 Å². The molecule has 1 fully saturated rings. The molecule has 6 heteroatoms. The Hall–Kier alpha value is -2.44. The molecule has 2 aromatic rings. The number of aliphatic hydroxyl groups is 1. The second-order valence-corrected chi connectivity index (χ2v) is 10.1. The molecule has 178 valence electrons. The van der Waals surface area contributed by atoms with E-state index in [0.717, 1.165) is 43.4 Å². The summed E-state index contributed by atoms with van der Waals surface area (Å²) in [6.07, 6.45) is 10.7. The number of likely N-dealkylation sites (tertiary alicyclic amines) is 1. The molecular formula is C27H35NO4S. The Kier molecular flexibility index (Phi) is 9.70. The molecule has 0 saturated carbocycles. The van der Waals surface area contributed by atoms with Gasteiger partial charge in [0.1, 0.15) is 4.88 Å². The van der Waals surface area contributed by atoms with Crippen molar-refractivity contribution < 1.29 is 19.8 Å². The second-order valence-electron chi connectivity index (χ2n) is 9.00. The fourth-order valence-electron chi connectivity index (χ4n) is 4.46. The summed E-state index contributed by atoms with van der Waals surface area (Å²) in [5.74, 6) is -0.502. The summed E-state index contributed by atoms with van der Waals surface area (Å²) in [5, 5.41) is 19.7. The SMILES string of the molecule is C[C@@H](CCCCc1ccccc1)[C@H](O)CCC1CCC(=O)N1CC=Cc1ccc(C(=O)O)s1. The molecule has 3 rings (SSSR count). The first-order valence-corrected chi connectivity index (χ1v) is 12.8. The van der Waals surface area contributed by atoms with E-state index < -0.39 is 5.97 Å². The third-order valence-electron chi connectivity index (χ3n) is 6.54. The Balaban J connectivity index is 1.38. The van der Waals surface area contributed by atoms with Crippen LogP contribution in [0.25, 0.3) is 6.08 Å². The maximum atomic E-state index is 12.3. The number of unbranched alkanes of at least 4 members (excludes halogenated alkanes) is 1. The van der Waals surface area contributed by atoms with Crippen LogP contribution >= 0.6 is 11.3 Å². The molecule has 0 spiro atoms. The summed E-state index contributed by atoms with van der Waals surface area (Å²) in [7, 11) is 0. The summed E-state index contributed by atoms with van der Waals surface area (Å²) >= 11 is 1.23. The first-order chi connectivity index (χ1) is 15.9. The zero-order valence-corrected chi connectivity index (χ0v) is 20.2. The van der Waals surface area contributed by atoms with Crippen LogP contribution in [0.3, 0.4) is 0 Å². The lowest BCUT2D eigenvalue weighted by molar-refractivity contribution is -0.128. The summed E-state index contributed by atoms with van der Waals surface area (Å²) in [6, 6.07) is 14.1. The van der Waals surface area contributed by atoms with Crippen LogP contribution in [-0.2, 0) is 11.2 Å². The number of aryl methyl sites for hydroxylation is 1. The number of carbonyl (C=O) groups excluding carboxylic acids is 1. The van der Waals surface area contributed by atoms with Crippen molar-refractivity contribution in [2.75, 3.05) is 6.54 Å². The maximum absolute atomic E-state index is 12.3. The van der Waals surface area contributed by atoms with E-state index in [1.54, 1.807) is 12.1 Å². The van der Waals surface area contributed by atoms with Crippen molar-refractivity contribution in [1.29, 1.82) is 0 Å². The summed E-state index contributed by atoms with van der Waals surface area (Å²) < 4.78 is 0. The Morgan fingerprint density at radius 1 is 1.18 bits per heavy atom. The van der Waals surface area contributed by atoms with Crippen molar-refractivity contribution >= 4 is 29.3 Å². The van der Waals surface area contributed by atoms with E-state index in [4.69, 9.17) is 5.11 Å². The smallest absolute Gasteiger partial charge is 0.345 e. The lowest BCUT2D eigenvalue weighted by Gasteiger charge is -2.26. The summed E-state index contributed by atoms with van der Waals surface area (Å²) in [5.41, 5.74) is 1.37. The van der Waals surface area contributed by atoms with Gasteiger partial charge in [-0.05, 0) is 68.2 Å². The topological polar surface area (TPSA) is 77.8 Å². The minimum absolute atomic E-state index is 0.158. The van der Waals surface area contributed by atoms with E-state index in [9.17, 15) is 14.7 Å². The number of carbonyl (C=O) groups is 2. The average molecular weight is 470 g/mol. The average Bonchev–Trinajstić information content (AvgIpc) is 3.43. The largest absolute Gasteiger partial charge is 0.477 e. The number of amides is 1. The molecule has 5 nitrogen and oxygen atoms in total.